The maximum atomic E-state index is 13.4. The van der Waals surface area contributed by atoms with E-state index in [0.717, 1.165) is 63.6 Å². The molecule has 8 heteroatoms. The molecule has 1 atom stereocenters. The van der Waals surface area contributed by atoms with E-state index in [9.17, 15) is 9.00 Å². The first kappa shape index (κ1) is 23.0. The summed E-state index contributed by atoms with van der Waals surface area (Å²) < 4.78 is 20.2. The monoisotopic (exact) mass is 436 g/mol. The predicted octanol–water partition coefficient (Wildman–Crippen LogP) is 1.99. The first-order valence-corrected chi connectivity index (χ1v) is 12.3. The largest absolute Gasteiger partial charge is 0.494 e. The Morgan fingerprint density at radius 1 is 1.07 bits per heavy atom. The van der Waals surface area contributed by atoms with Crippen molar-refractivity contribution in [3.63, 3.8) is 0 Å². The van der Waals surface area contributed by atoms with E-state index in [2.05, 4.69) is 35.8 Å². The lowest BCUT2D eigenvalue weighted by Crippen LogP contribution is -2.60. The van der Waals surface area contributed by atoms with Gasteiger partial charge < -0.3 is 20.3 Å². The van der Waals surface area contributed by atoms with E-state index >= 15 is 0 Å². The topological polar surface area (TPSA) is 79.1 Å². The maximum absolute atomic E-state index is 13.4. The lowest BCUT2D eigenvalue weighted by atomic mass is 9.95. The number of hydrogen-bond acceptors (Lipinski definition) is 5. The number of primary amides is 1. The van der Waals surface area contributed by atoms with Crippen LogP contribution in [-0.4, -0.2) is 76.5 Å². The van der Waals surface area contributed by atoms with Gasteiger partial charge in [0.2, 0.25) is 5.91 Å². The predicted molar refractivity (Wildman–Crippen MR) is 122 cm³/mol. The molecule has 2 aliphatic rings. The van der Waals surface area contributed by atoms with Gasteiger partial charge in [0.25, 0.3) is 0 Å². The van der Waals surface area contributed by atoms with Gasteiger partial charge in [-0.25, -0.2) is 8.51 Å². The number of anilines is 1. The number of nitrogens with zero attached hydrogens (tertiary/aromatic N) is 3. The normalized spacial score (nSPS) is 21.3. The number of amides is 1. The summed E-state index contributed by atoms with van der Waals surface area (Å²) in [5.41, 5.74) is 6.92. The molecule has 0 saturated carbocycles. The number of piperidine rings is 1. The van der Waals surface area contributed by atoms with Crippen molar-refractivity contribution in [2.75, 3.05) is 57.3 Å². The molecule has 1 amide bonds. The van der Waals surface area contributed by atoms with Gasteiger partial charge in [-0.2, -0.15) is 0 Å². The van der Waals surface area contributed by atoms with Crippen LogP contribution in [0.3, 0.4) is 0 Å². The van der Waals surface area contributed by atoms with Gasteiger partial charge >= 0.3 is 0 Å². The first-order valence-electron chi connectivity index (χ1n) is 11.2. The molecule has 0 radical (unpaired) electrons. The average molecular weight is 437 g/mol. The van der Waals surface area contributed by atoms with Gasteiger partial charge in [0, 0.05) is 45.0 Å². The quantitative estimate of drug-likeness (QED) is 0.599. The number of piperazine rings is 1. The van der Waals surface area contributed by atoms with Crippen LogP contribution < -0.4 is 15.4 Å². The van der Waals surface area contributed by atoms with Crippen LogP contribution in [0.15, 0.2) is 24.3 Å². The molecule has 2 saturated heterocycles. The number of carbonyl (C=O) groups excluding carboxylic acids is 1. The molecule has 3 rings (SSSR count). The Balaban J connectivity index is 1.56. The van der Waals surface area contributed by atoms with Crippen molar-refractivity contribution in [1.29, 1.82) is 0 Å². The van der Waals surface area contributed by atoms with E-state index in [1.165, 1.54) is 0 Å². The zero-order valence-electron chi connectivity index (χ0n) is 18.3. The Morgan fingerprint density at radius 3 is 2.23 bits per heavy atom. The molecule has 1 aromatic rings. The second-order valence-corrected chi connectivity index (χ2v) is 9.95. The molecule has 168 valence electrons. The summed E-state index contributed by atoms with van der Waals surface area (Å²) >= 11 is 0. The van der Waals surface area contributed by atoms with Gasteiger partial charge in [-0.15, -0.1) is 0 Å². The second kappa shape index (κ2) is 10.6. The Bertz CT molecular complexity index is 712. The fraction of sp³-hybridized carbons (Fsp3) is 0.682. The zero-order valence-corrected chi connectivity index (χ0v) is 19.2. The van der Waals surface area contributed by atoms with Crippen LogP contribution >= 0.6 is 0 Å². The highest BCUT2D eigenvalue weighted by molar-refractivity contribution is 7.85. The molecule has 0 spiro atoms. The minimum atomic E-state index is -1.39. The van der Waals surface area contributed by atoms with E-state index in [-0.39, 0.29) is 0 Å². The summed E-state index contributed by atoms with van der Waals surface area (Å²) in [6.07, 6.45) is 3.33. The number of nitrogens with two attached hydrogens (primary N) is 1. The van der Waals surface area contributed by atoms with E-state index in [1.807, 2.05) is 16.4 Å². The van der Waals surface area contributed by atoms with Crippen LogP contribution in [0, 0.1) is 0 Å². The molecule has 2 fully saturated rings. The van der Waals surface area contributed by atoms with Gasteiger partial charge in [0.05, 0.1) is 6.61 Å². The zero-order chi connectivity index (χ0) is 21.6. The van der Waals surface area contributed by atoms with E-state index in [4.69, 9.17) is 10.5 Å². The lowest BCUT2D eigenvalue weighted by Gasteiger charge is -2.43. The number of hydrogen-bond donors (Lipinski definition) is 1. The summed E-state index contributed by atoms with van der Waals surface area (Å²) in [5, 5.41) is 0. The van der Waals surface area contributed by atoms with Gasteiger partial charge in [0.15, 0.2) is 0 Å². The average Bonchev–Trinajstić information content (AvgIpc) is 2.79. The molecule has 2 aliphatic heterocycles. The molecule has 1 unspecified atom stereocenters. The van der Waals surface area contributed by atoms with Crippen molar-refractivity contribution in [1.82, 2.24) is 9.21 Å². The number of unbranched alkanes of at least 4 members (excludes halogenated alkanes) is 1. The highest BCUT2D eigenvalue weighted by atomic mass is 32.2. The number of rotatable bonds is 9. The maximum Gasteiger partial charge on any atom is 0.237 e. The van der Waals surface area contributed by atoms with Crippen molar-refractivity contribution in [3.05, 3.63) is 24.3 Å². The van der Waals surface area contributed by atoms with Crippen molar-refractivity contribution in [2.45, 2.75) is 44.3 Å². The lowest BCUT2D eigenvalue weighted by molar-refractivity contribution is -0.121. The summed E-state index contributed by atoms with van der Waals surface area (Å²) in [7, 11) is -1.39. The summed E-state index contributed by atoms with van der Waals surface area (Å²) in [4.78, 5) is 16.9. The molecule has 1 aromatic carbocycles. The molecular formula is C22H36N4O3S. The van der Waals surface area contributed by atoms with Gasteiger partial charge in [0.1, 0.15) is 21.5 Å². The van der Waals surface area contributed by atoms with E-state index in [1.54, 1.807) is 0 Å². The fourth-order valence-electron chi connectivity index (χ4n) is 4.18. The summed E-state index contributed by atoms with van der Waals surface area (Å²) in [5.74, 6) is 0.478. The SMILES string of the molecule is CCCCOc1ccc(N2CCN(S(=O)C3(C(N)=O)CCN(CC)CC3)CC2)cc1. The van der Waals surface area contributed by atoms with E-state index in [0.29, 0.717) is 25.9 Å². The number of benzene rings is 1. The van der Waals surface area contributed by atoms with Crippen LogP contribution in [0.25, 0.3) is 0 Å². The number of ether oxygens (including phenoxy) is 1. The Kier molecular flexibility index (Phi) is 8.13. The van der Waals surface area contributed by atoms with E-state index < -0.39 is 21.6 Å². The van der Waals surface area contributed by atoms with Gasteiger partial charge in [-0.3, -0.25) is 4.79 Å². The summed E-state index contributed by atoms with van der Waals surface area (Å²) in [6.45, 7) is 10.4. The van der Waals surface area contributed by atoms with Crippen molar-refractivity contribution in [3.8, 4) is 5.75 Å². The Hall–Kier alpha value is -1.64. The first-order chi connectivity index (χ1) is 14.5. The van der Waals surface area contributed by atoms with Crippen LogP contribution in [0.1, 0.15) is 39.5 Å². The molecular weight excluding hydrogens is 400 g/mol. The molecule has 2 N–H and O–H groups in total. The minimum absolute atomic E-state index is 0.419. The third-order valence-electron chi connectivity index (χ3n) is 6.34. The third-order valence-corrected chi connectivity index (χ3v) is 8.45. The third kappa shape index (κ3) is 5.15. The number of likely N-dealkylation sites (tertiary alicyclic amines) is 1. The molecule has 7 nitrogen and oxygen atoms in total. The summed E-state index contributed by atoms with van der Waals surface area (Å²) in [6, 6.07) is 8.19. The highest BCUT2D eigenvalue weighted by Crippen LogP contribution is 2.31. The standard InChI is InChI=1S/C22H36N4O3S/c1-3-5-18-29-20-8-6-19(7-9-20)25-14-16-26(17-15-25)30(28)22(21(23)27)10-12-24(4-2)13-11-22/h6-9H,3-5,10-18H2,1-2H3,(H2,23,27). The van der Waals surface area contributed by atoms with Crippen molar-refractivity contribution in [2.24, 2.45) is 5.73 Å². The van der Waals surface area contributed by atoms with Gasteiger partial charge in [-0.05, 0) is 50.1 Å². The molecule has 30 heavy (non-hydrogen) atoms. The van der Waals surface area contributed by atoms with Crippen LogP contribution in [0.2, 0.25) is 0 Å². The van der Waals surface area contributed by atoms with Gasteiger partial charge in [-0.1, -0.05) is 20.3 Å². The second-order valence-electron chi connectivity index (χ2n) is 8.15. The van der Waals surface area contributed by atoms with Crippen LogP contribution in [0.4, 0.5) is 5.69 Å². The molecule has 0 aliphatic carbocycles. The van der Waals surface area contributed by atoms with Crippen molar-refractivity contribution >= 4 is 22.6 Å². The van der Waals surface area contributed by atoms with Crippen molar-refractivity contribution < 1.29 is 13.7 Å². The number of carbonyl (C=O) groups is 1. The minimum Gasteiger partial charge on any atom is -0.494 e. The molecule has 2 heterocycles. The fourth-order valence-corrected chi connectivity index (χ4v) is 5.88. The smallest absolute Gasteiger partial charge is 0.237 e. The Labute approximate surface area is 183 Å². The van der Waals surface area contributed by atoms with Crippen LogP contribution in [0.5, 0.6) is 5.75 Å². The van der Waals surface area contributed by atoms with Crippen LogP contribution in [-0.2, 0) is 15.8 Å². The molecule has 0 bridgehead atoms. The Morgan fingerprint density at radius 2 is 1.70 bits per heavy atom. The molecule has 0 aromatic heterocycles. The highest BCUT2D eigenvalue weighted by Gasteiger charge is 2.48.